The molecule has 0 unspecified atom stereocenters. The quantitative estimate of drug-likeness (QED) is 0.190. The second-order valence-electron chi connectivity index (χ2n) is 10.7. The molecule has 0 bridgehead atoms. The van der Waals surface area contributed by atoms with E-state index in [4.69, 9.17) is 34.2 Å². The number of hydrogen-bond donors (Lipinski definition) is 0. The van der Waals surface area contributed by atoms with Gasteiger partial charge in [0.25, 0.3) is 0 Å². The first-order valence-corrected chi connectivity index (χ1v) is 14.5. The van der Waals surface area contributed by atoms with Gasteiger partial charge in [0.05, 0.1) is 25.8 Å². The van der Waals surface area contributed by atoms with Gasteiger partial charge >= 0.3 is 0 Å². The lowest BCUT2D eigenvalue weighted by Crippen LogP contribution is -2.06. The number of rotatable bonds is 4. The number of benzene rings is 6. The second kappa shape index (κ2) is 10.3. The van der Waals surface area contributed by atoms with Gasteiger partial charge < -0.3 is 4.42 Å². The lowest BCUT2D eigenvalue weighted by atomic mass is 10.0. The number of furan rings is 1. The van der Waals surface area contributed by atoms with Crippen LogP contribution >= 0.6 is 0 Å². The average Bonchev–Trinajstić information content (AvgIpc) is 3.73. The Morgan fingerprint density at radius 1 is 0.565 bits per heavy atom. The van der Waals surface area contributed by atoms with E-state index in [9.17, 15) is 0 Å². The molecule has 0 saturated carbocycles. The zero-order valence-corrected chi connectivity index (χ0v) is 24.0. The number of hydrogen-bond acceptors (Lipinski definition) is 4. The predicted octanol–water partition coefficient (Wildman–Crippen LogP) is 10.4. The van der Waals surface area contributed by atoms with Gasteiger partial charge in [-0.1, -0.05) is 109 Å². The molecular weight excluding hydrogens is 566 g/mol. The minimum atomic E-state index is -0.224. The monoisotopic (exact) mass is 595 g/mol. The summed E-state index contributed by atoms with van der Waals surface area (Å²) in [6.07, 6.45) is 0. The van der Waals surface area contributed by atoms with Gasteiger partial charge in [-0.05, 0) is 41.4 Å². The summed E-state index contributed by atoms with van der Waals surface area (Å²) in [6.45, 7) is 7.25. The molecule has 0 aliphatic heterocycles. The second-order valence-corrected chi connectivity index (χ2v) is 10.7. The van der Waals surface area contributed by atoms with E-state index < -0.39 is 0 Å². The van der Waals surface area contributed by atoms with E-state index in [-0.39, 0.29) is 69.8 Å². The zero-order valence-electron chi connectivity index (χ0n) is 30.0. The van der Waals surface area contributed by atoms with Crippen molar-refractivity contribution in [2.45, 2.75) is 0 Å². The average molecular weight is 596 g/mol. The van der Waals surface area contributed by atoms with Gasteiger partial charge in [-0.3, -0.25) is 4.57 Å². The van der Waals surface area contributed by atoms with Gasteiger partial charge in [-0.2, -0.15) is 9.97 Å². The highest BCUT2D eigenvalue weighted by Gasteiger charge is 2.18. The van der Waals surface area contributed by atoms with Crippen molar-refractivity contribution in [3.8, 4) is 39.9 Å². The number of fused-ring (bicyclic) bond motifs is 6. The molecule has 0 aliphatic carbocycles. The molecule has 0 fully saturated rings. The van der Waals surface area contributed by atoms with E-state index in [0.29, 0.717) is 28.2 Å². The summed E-state index contributed by atoms with van der Waals surface area (Å²) >= 11 is 0. The maximum absolute atomic E-state index is 8.93. The molecule has 9 rings (SSSR count). The highest BCUT2D eigenvalue weighted by atomic mass is 16.3. The SMILES string of the molecule is [2H]c1cc([2H])c2c(c1[2H])c1c([2H])c([2H])cc([2H])c1n2-c1nc(-c2ccc(-c3ccc([N+]#[C-])cc3)cc2)nc(-c2ccc3c(c2)oc2ccccc23)n1. The van der Waals surface area contributed by atoms with Crippen molar-refractivity contribution < 1.29 is 12.6 Å². The molecule has 214 valence electrons. The van der Waals surface area contributed by atoms with Crippen LogP contribution in [0.5, 0.6) is 0 Å². The molecule has 6 aromatic carbocycles. The van der Waals surface area contributed by atoms with Gasteiger partial charge in [0.15, 0.2) is 17.3 Å². The first kappa shape index (κ1) is 20.4. The van der Waals surface area contributed by atoms with Crippen LogP contribution in [0, 0.1) is 6.57 Å². The fourth-order valence-electron chi connectivity index (χ4n) is 5.84. The van der Waals surface area contributed by atoms with E-state index in [0.717, 1.165) is 27.5 Å². The Hall–Kier alpha value is -6.58. The van der Waals surface area contributed by atoms with Crippen LogP contribution in [0.3, 0.4) is 0 Å². The number of nitrogens with zero attached hydrogens (tertiary/aromatic N) is 5. The molecule has 0 atom stereocenters. The first-order chi connectivity index (χ1) is 25.2. The largest absolute Gasteiger partial charge is 0.456 e. The van der Waals surface area contributed by atoms with Crippen LogP contribution in [0.1, 0.15) is 8.22 Å². The Bertz CT molecular complexity index is 2910. The van der Waals surface area contributed by atoms with Crippen molar-refractivity contribution in [2.24, 2.45) is 0 Å². The molecule has 6 heteroatoms. The normalized spacial score (nSPS) is 13.3. The van der Waals surface area contributed by atoms with Crippen molar-refractivity contribution >= 4 is 49.4 Å². The molecule has 0 saturated heterocycles. The lowest BCUT2D eigenvalue weighted by Gasteiger charge is -2.11. The third-order valence-electron chi connectivity index (χ3n) is 8.06. The van der Waals surface area contributed by atoms with Crippen molar-refractivity contribution in [2.75, 3.05) is 0 Å². The standard InChI is InChI=1S/C40H23N5O/c1-41-29-21-18-26(19-22-29)25-14-16-27(17-15-25)38-42-39(28-20-23-33-32-10-4-7-13-36(32)46-37(33)24-28)44-40(43-38)45-34-11-5-2-8-30(34)31-9-3-6-12-35(31)45/h2-24H/i2D,3D,8D,9D,11D,12D. The number of aromatic nitrogens is 4. The Labute approximate surface area is 272 Å². The third-order valence-corrected chi connectivity index (χ3v) is 8.06. The maximum atomic E-state index is 8.93. The predicted molar refractivity (Wildman–Crippen MR) is 184 cm³/mol. The Balaban J connectivity index is 1.31. The van der Waals surface area contributed by atoms with Crippen molar-refractivity contribution in [3.63, 3.8) is 0 Å². The Kier molecular flexibility index (Phi) is 4.55. The van der Waals surface area contributed by atoms with E-state index >= 15 is 0 Å². The van der Waals surface area contributed by atoms with Gasteiger partial charge in [-0.25, -0.2) is 9.83 Å². The van der Waals surface area contributed by atoms with E-state index in [1.807, 2.05) is 78.9 Å². The molecule has 6 nitrogen and oxygen atoms in total. The lowest BCUT2D eigenvalue weighted by molar-refractivity contribution is 0.669. The van der Waals surface area contributed by atoms with E-state index in [1.54, 1.807) is 12.1 Å². The fourth-order valence-corrected chi connectivity index (χ4v) is 5.84. The molecule has 0 N–H and O–H groups in total. The van der Waals surface area contributed by atoms with Crippen LogP contribution in [-0.4, -0.2) is 19.5 Å². The minimum Gasteiger partial charge on any atom is -0.456 e. The summed E-state index contributed by atoms with van der Waals surface area (Å²) in [5.41, 5.74) is 5.37. The van der Waals surface area contributed by atoms with Crippen LogP contribution in [0.15, 0.2) is 144 Å². The first-order valence-electron chi connectivity index (χ1n) is 17.5. The highest BCUT2D eigenvalue weighted by Crippen LogP contribution is 2.35. The topological polar surface area (TPSA) is 61.1 Å². The molecule has 0 aliphatic rings. The summed E-state index contributed by atoms with van der Waals surface area (Å²) in [5.74, 6) is 0.611. The molecule has 46 heavy (non-hydrogen) atoms. The maximum Gasteiger partial charge on any atom is 0.238 e. The van der Waals surface area contributed by atoms with Crippen LogP contribution in [-0.2, 0) is 0 Å². The van der Waals surface area contributed by atoms with Crippen LogP contribution in [0.2, 0.25) is 0 Å². The van der Waals surface area contributed by atoms with Gasteiger partial charge in [0, 0.05) is 32.7 Å². The van der Waals surface area contributed by atoms with Gasteiger partial charge in [-0.15, -0.1) is 0 Å². The minimum absolute atomic E-state index is 0.0415. The fraction of sp³-hybridized carbons (Fsp3) is 0. The van der Waals surface area contributed by atoms with Gasteiger partial charge in [0.2, 0.25) is 5.95 Å². The Morgan fingerprint density at radius 2 is 1.15 bits per heavy atom. The molecule has 0 spiro atoms. The summed E-state index contributed by atoms with van der Waals surface area (Å²) in [4.78, 5) is 18.1. The van der Waals surface area contributed by atoms with E-state index in [2.05, 4.69) is 4.85 Å². The summed E-state index contributed by atoms with van der Waals surface area (Å²) < 4.78 is 59.9. The molecule has 0 amide bonds. The van der Waals surface area contributed by atoms with Crippen LogP contribution in [0.25, 0.3) is 88.4 Å². The summed E-state index contributed by atoms with van der Waals surface area (Å²) in [6, 6.07) is 29.8. The Morgan fingerprint density at radius 3 is 1.85 bits per heavy atom. The highest BCUT2D eigenvalue weighted by molar-refractivity contribution is 6.09. The summed E-state index contributed by atoms with van der Waals surface area (Å²) in [7, 11) is 0. The molecular formula is C40H23N5O. The molecule has 9 aromatic rings. The molecule has 3 heterocycles. The van der Waals surface area contributed by atoms with Crippen LogP contribution in [0.4, 0.5) is 5.69 Å². The molecule has 3 aromatic heterocycles. The smallest absolute Gasteiger partial charge is 0.238 e. The third kappa shape index (κ3) is 4.15. The summed E-state index contributed by atoms with van der Waals surface area (Å²) in [5, 5.41) is 2.13. The number of para-hydroxylation sites is 3. The van der Waals surface area contributed by atoms with Crippen molar-refractivity contribution in [3.05, 3.63) is 151 Å². The van der Waals surface area contributed by atoms with E-state index in [1.165, 1.54) is 16.7 Å². The van der Waals surface area contributed by atoms with Crippen LogP contribution < -0.4 is 0 Å². The van der Waals surface area contributed by atoms with Crippen molar-refractivity contribution in [1.29, 1.82) is 0 Å². The van der Waals surface area contributed by atoms with Crippen molar-refractivity contribution in [1.82, 2.24) is 19.5 Å². The molecule has 0 radical (unpaired) electrons. The van der Waals surface area contributed by atoms with Gasteiger partial charge in [0.1, 0.15) is 11.2 Å². The zero-order chi connectivity index (χ0) is 35.8.